The maximum absolute atomic E-state index is 12.7. The summed E-state index contributed by atoms with van der Waals surface area (Å²) in [5.41, 5.74) is 0.965. The minimum Gasteiger partial charge on any atom is -0.302 e. The predicted octanol–water partition coefficient (Wildman–Crippen LogP) is 2.93. The standard InChI is InChI=1S/C10H13ClFN/c1-3-13(2)7-8-4-5-9(12)6-10(8)11/h4-6H,3,7H2,1-2H3. The Balaban J connectivity index is 2.77. The van der Waals surface area contributed by atoms with Crippen molar-refractivity contribution in [2.45, 2.75) is 13.5 Å². The third-order valence-corrected chi connectivity index (χ3v) is 2.35. The van der Waals surface area contributed by atoms with Crippen molar-refractivity contribution in [1.82, 2.24) is 4.90 Å². The van der Waals surface area contributed by atoms with Crippen LogP contribution in [0.3, 0.4) is 0 Å². The van der Waals surface area contributed by atoms with Crippen LogP contribution in [0.1, 0.15) is 12.5 Å². The molecular formula is C10H13ClFN. The van der Waals surface area contributed by atoms with Gasteiger partial charge in [-0.3, -0.25) is 0 Å². The van der Waals surface area contributed by atoms with Crippen LogP contribution >= 0.6 is 11.6 Å². The molecule has 0 N–H and O–H groups in total. The molecule has 1 rings (SSSR count). The van der Waals surface area contributed by atoms with E-state index in [9.17, 15) is 4.39 Å². The lowest BCUT2D eigenvalue weighted by atomic mass is 10.2. The second-order valence-electron chi connectivity index (χ2n) is 3.07. The molecule has 3 heteroatoms. The minimum absolute atomic E-state index is 0.284. The maximum Gasteiger partial charge on any atom is 0.124 e. The number of nitrogens with zero attached hydrogens (tertiary/aromatic N) is 1. The molecule has 0 aliphatic rings. The number of benzene rings is 1. The molecule has 0 aliphatic heterocycles. The highest BCUT2D eigenvalue weighted by atomic mass is 35.5. The topological polar surface area (TPSA) is 3.24 Å². The van der Waals surface area contributed by atoms with Crippen molar-refractivity contribution in [3.05, 3.63) is 34.6 Å². The molecule has 0 heterocycles. The van der Waals surface area contributed by atoms with E-state index in [4.69, 9.17) is 11.6 Å². The van der Waals surface area contributed by atoms with Crippen molar-refractivity contribution in [3.8, 4) is 0 Å². The van der Waals surface area contributed by atoms with Gasteiger partial charge in [-0.25, -0.2) is 4.39 Å². The molecule has 1 aromatic carbocycles. The number of halogens is 2. The lowest BCUT2D eigenvalue weighted by Gasteiger charge is -2.14. The molecule has 0 unspecified atom stereocenters. The van der Waals surface area contributed by atoms with Gasteiger partial charge in [0.2, 0.25) is 0 Å². The van der Waals surface area contributed by atoms with Gasteiger partial charge in [-0.2, -0.15) is 0 Å². The van der Waals surface area contributed by atoms with Gasteiger partial charge in [0, 0.05) is 11.6 Å². The van der Waals surface area contributed by atoms with Crippen molar-refractivity contribution < 1.29 is 4.39 Å². The molecule has 0 aromatic heterocycles. The summed E-state index contributed by atoms with van der Waals surface area (Å²) in [6.45, 7) is 3.78. The molecular weight excluding hydrogens is 189 g/mol. The van der Waals surface area contributed by atoms with Gasteiger partial charge in [-0.1, -0.05) is 24.6 Å². The lowest BCUT2D eigenvalue weighted by molar-refractivity contribution is 0.345. The summed E-state index contributed by atoms with van der Waals surface area (Å²) in [5.74, 6) is -0.284. The van der Waals surface area contributed by atoms with E-state index in [0.717, 1.165) is 18.7 Å². The van der Waals surface area contributed by atoms with Gasteiger partial charge >= 0.3 is 0 Å². The average molecular weight is 202 g/mol. The van der Waals surface area contributed by atoms with E-state index in [0.29, 0.717) is 5.02 Å². The van der Waals surface area contributed by atoms with E-state index in [1.54, 1.807) is 6.07 Å². The first-order valence-corrected chi connectivity index (χ1v) is 4.63. The van der Waals surface area contributed by atoms with E-state index >= 15 is 0 Å². The van der Waals surface area contributed by atoms with Crippen molar-refractivity contribution in [3.63, 3.8) is 0 Å². The van der Waals surface area contributed by atoms with Gasteiger partial charge < -0.3 is 4.90 Å². The van der Waals surface area contributed by atoms with Gasteiger partial charge in [-0.15, -0.1) is 0 Å². The fourth-order valence-corrected chi connectivity index (χ4v) is 1.28. The molecule has 13 heavy (non-hydrogen) atoms. The largest absolute Gasteiger partial charge is 0.302 e. The highest BCUT2D eigenvalue weighted by molar-refractivity contribution is 6.31. The zero-order valence-corrected chi connectivity index (χ0v) is 8.61. The number of rotatable bonds is 3. The van der Waals surface area contributed by atoms with Crippen molar-refractivity contribution >= 4 is 11.6 Å². The molecule has 1 aromatic rings. The first kappa shape index (κ1) is 10.5. The molecule has 0 atom stereocenters. The average Bonchev–Trinajstić information content (AvgIpc) is 2.09. The normalized spacial score (nSPS) is 10.8. The van der Waals surface area contributed by atoms with Crippen LogP contribution in [-0.4, -0.2) is 18.5 Å². The quantitative estimate of drug-likeness (QED) is 0.727. The molecule has 0 radical (unpaired) electrons. The Kier molecular flexibility index (Phi) is 3.70. The molecule has 0 amide bonds. The van der Waals surface area contributed by atoms with Crippen molar-refractivity contribution in [1.29, 1.82) is 0 Å². The van der Waals surface area contributed by atoms with E-state index < -0.39 is 0 Å². The van der Waals surface area contributed by atoms with E-state index in [1.807, 2.05) is 7.05 Å². The van der Waals surface area contributed by atoms with E-state index in [-0.39, 0.29) is 5.82 Å². The third-order valence-electron chi connectivity index (χ3n) is 2.00. The zero-order chi connectivity index (χ0) is 9.84. The predicted molar refractivity (Wildman–Crippen MR) is 53.4 cm³/mol. The fourth-order valence-electron chi connectivity index (χ4n) is 1.05. The van der Waals surface area contributed by atoms with Gasteiger partial charge in [0.05, 0.1) is 0 Å². The molecule has 0 saturated carbocycles. The Morgan fingerprint density at radius 2 is 2.15 bits per heavy atom. The lowest BCUT2D eigenvalue weighted by Crippen LogP contribution is -2.16. The van der Waals surface area contributed by atoms with Crippen LogP contribution in [0.5, 0.6) is 0 Å². The summed E-state index contributed by atoms with van der Waals surface area (Å²) in [6, 6.07) is 4.51. The summed E-state index contributed by atoms with van der Waals surface area (Å²) < 4.78 is 12.7. The first-order chi connectivity index (χ1) is 6.13. The molecule has 0 saturated heterocycles. The third kappa shape index (κ3) is 2.98. The smallest absolute Gasteiger partial charge is 0.124 e. The molecule has 1 nitrogen and oxygen atoms in total. The Morgan fingerprint density at radius 3 is 2.69 bits per heavy atom. The van der Waals surface area contributed by atoms with Crippen LogP contribution in [0, 0.1) is 5.82 Å². The molecule has 0 bridgehead atoms. The van der Waals surface area contributed by atoms with Crippen molar-refractivity contribution in [2.24, 2.45) is 0 Å². The second kappa shape index (κ2) is 4.58. The van der Waals surface area contributed by atoms with E-state index in [2.05, 4.69) is 11.8 Å². The van der Waals surface area contributed by atoms with Gasteiger partial charge in [-0.05, 0) is 31.3 Å². The Bertz CT molecular complexity index is 288. The van der Waals surface area contributed by atoms with Gasteiger partial charge in [0.15, 0.2) is 0 Å². The molecule has 0 fully saturated rings. The zero-order valence-electron chi connectivity index (χ0n) is 7.85. The summed E-state index contributed by atoms with van der Waals surface area (Å²) >= 11 is 5.86. The van der Waals surface area contributed by atoms with Crippen LogP contribution in [-0.2, 0) is 6.54 Å². The molecule has 0 spiro atoms. The first-order valence-electron chi connectivity index (χ1n) is 4.26. The van der Waals surface area contributed by atoms with Gasteiger partial charge in [0.25, 0.3) is 0 Å². The SMILES string of the molecule is CCN(C)Cc1ccc(F)cc1Cl. The van der Waals surface area contributed by atoms with Crippen molar-refractivity contribution in [2.75, 3.05) is 13.6 Å². The van der Waals surface area contributed by atoms with Crippen LogP contribution < -0.4 is 0 Å². The highest BCUT2D eigenvalue weighted by Gasteiger charge is 2.03. The number of hydrogen-bond acceptors (Lipinski definition) is 1. The summed E-state index contributed by atoms with van der Waals surface area (Å²) in [5, 5.41) is 0.500. The Hall–Kier alpha value is -0.600. The van der Waals surface area contributed by atoms with Crippen LogP contribution in [0.25, 0.3) is 0 Å². The van der Waals surface area contributed by atoms with Crippen LogP contribution in [0.4, 0.5) is 4.39 Å². The Labute approximate surface area is 83.1 Å². The second-order valence-corrected chi connectivity index (χ2v) is 3.47. The van der Waals surface area contributed by atoms with Gasteiger partial charge in [0.1, 0.15) is 5.82 Å². The molecule has 72 valence electrons. The Morgan fingerprint density at radius 1 is 1.46 bits per heavy atom. The molecule has 0 aliphatic carbocycles. The van der Waals surface area contributed by atoms with E-state index in [1.165, 1.54) is 12.1 Å². The minimum atomic E-state index is -0.284. The number of hydrogen-bond donors (Lipinski definition) is 0. The van der Waals surface area contributed by atoms with Crippen LogP contribution in [0.15, 0.2) is 18.2 Å². The monoisotopic (exact) mass is 201 g/mol. The maximum atomic E-state index is 12.7. The summed E-state index contributed by atoms with van der Waals surface area (Å²) in [4.78, 5) is 2.11. The highest BCUT2D eigenvalue weighted by Crippen LogP contribution is 2.18. The summed E-state index contributed by atoms with van der Waals surface area (Å²) in [7, 11) is 2.00. The fraction of sp³-hybridized carbons (Fsp3) is 0.400. The summed E-state index contributed by atoms with van der Waals surface area (Å²) in [6.07, 6.45) is 0. The van der Waals surface area contributed by atoms with Crippen LogP contribution in [0.2, 0.25) is 5.02 Å².